The van der Waals surface area contributed by atoms with Gasteiger partial charge in [0.05, 0.1) is 4.90 Å². The van der Waals surface area contributed by atoms with Gasteiger partial charge in [0.2, 0.25) is 10.0 Å². The highest BCUT2D eigenvalue weighted by Crippen LogP contribution is 2.28. The van der Waals surface area contributed by atoms with E-state index in [0.29, 0.717) is 29.8 Å². The summed E-state index contributed by atoms with van der Waals surface area (Å²) in [5.41, 5.74) is 0. The van der Waals surface area contributed by atoms with Gasteiger partial charge in [-0.15, -0.1) is 11.3 Å². The summed E-state index contributed by atoms with van der Waals surface area (Å²) in [6.07, 6.45) is 2.20. The molecule has 2 rings (SSSR count). The first-order chi connectivity index (χ1) is 9.93. The summed E-state index contributed by atoms with van der Waals surface area (Å²) in [6, 6.07) is 1.83. The molecule has 1 aromatic rings. The van der Waals surface area contributed by atoms with Gasteiger partial charge in [0, 0.05) is 29.9 Å². The molecule has 1 aromatic heterocycles. The fourth-order valence-electron chi connectivity index (χ4n) is 2.93. The van der Waals surface area contributed by atoms with Crippen molar-refractivity contribution in [3.8, 4) is 0 Å². The van der Waals surface area contributed by atoms with Crippen molar-refractivity contribution < 1.29 is 8.42 Å². The average molecular weight is 331 g/mol. The van der Waals surface area contributed by atoms with E-state index in [2.05, 4.69) is 26.1 Å². The molecular weight excluding hydrogens is 304 g/mol. The van der Waals surface area contributed by atoms with Crippen LogP contribution >= 0.6 is 11.3 Å². The zero-order chi connectivity index (χ0) is 15.5. The zero-order valence-electron chi connectivity index (χ0n) is 13.1. The van der Waals surface area contributed by atoms with Crippen LogP contribution in [0.4, 0.5) is 0 Å². The highest BCUT2D eigenvalue weighted by molar-refractivity contribution is 7.89. The second-order valence-corrected chi connectivity index (χ2v) is 9.13. The highest BCUT2D eigenvalue weighted by atomic mass is 32.2. The van der Waals surface area contributed by atoms with Gasteiger partial charge >= 0.3 is 0 Å². The van der Waals surface area contributed by atoms with Crippen molar-refractivity contribution in [3.63, 3.8) is 0 Å². The highest BCUT2D eigenvalue weighted by Gasteiger charge is 2.32. The molecule has 1 aliphatic rings. The fourth-order valence-corrected chi connectivity index (χ4v) is 5.84. The minimum Gasteiger partial charge on any atom is -0.312 e. The smallest absolute Gasteiger partial charge is 0.243 e. The molecule has 1 fully saturated rings. The summed E-state index contributed by atoms with van der Waals surface area (Å²) >= 11 is 1.52. The van der Waals surface area contributed by atoms with Gasteiger partial charge in [-0.25, -0.2) is 8.42 Å². The number of nitrogens with zero attached hydrogens (tertiary/aromatic N) is 1. The second-order valence-electron chi connectivity index (χ2n) is 6.19. The van der Waals surface area contributed by atoms with Crippen molar-refractivity contribution in [1.82, 2.24) is 9.62 Å². The number of rotatable bonds is 6. The number of thiophene rings is 1. The first kappa shape index (κ1) is 16.9. The topological polar surface area (TPSA) is 49.4 Å². The normalized spacial score (nSPS) is 24.3. The number of hydrogen-bond acceptors (Lipinski definition) is 4. The van der Waals surface area contributed by atoms with Gasteiger partial charge in [0.1, 0.15) is 0 Å². The van der Waals surface area contributed by atoms with E-state index in [-0.39, 0.29) is 0 Å². The molecule has 1 N–H and O–H groups in total. The quantitative estimate of drug-likeness (QED) is 0.816. The molecule has 0 bridgehead atoms. The average Bonchev–Trinajstić information content (AvgIpc) is 2.87. The lowest BCUT2D eigenvalue weighted by Crippen LogP contribution is -2.42. The van der Waals surface area contributed by atoms with Crippen LogP contribution in [0.1, 0.15) is 38.5 Å². The lowest BCUT2D eigenvalue weighted by Gasteiger charge is -2.33. The van der Waals surface area contributed by atoms with Crippen molar-refractivity contribution in [1.29, 1.82) is 0 Å². The summed E-state index contributed by atoms with van der Waals surface area (Å²) in [5, 5.41) is 5.09. The van der Waals surface area contributed by atoms with Gasteiger partial charge in [-0.1, -0.05) is 20.8 Å². The van der Waals surface area contributed by atoms with E-state index in [9.17, 15) is 8.42 Å². The molecule has 0 aromatic carbocycles. The maximum Gasteiger partial charge on any atom is 0.243 e. The minimum absolute atomic E-state index is 0.438. The lowest BCUT2D eigenvalue weighted by atomic mass is 9.94. The Balaban J connectivity index is 2.08. The Kier molecular flexibility index (Phi) is 5.82. The van der Waals surface area contributed by atoms with E-state index in [0.717, 1.165) is 30.8 Å². The van der Waals surface area contributed by atoms with Gasteiger partial charge in [-0.2, -0.15) is 4.31 Å². The molecular formula is C15H26N2O2S2. The molecule has 4 nitrogen and oxygen atoms in total. The molecule has 1 saturated heterocycles. The SMILES string of the molecule is CCCNCc1cc(S(=O)(=O)N2CC(C)CC(C)C2)cs1. The molecule has 2 unspecified atom stereocenters. The summed E-state index contributed by atoms with van der Waals surface area (Å²) in [7, 11) is -3.32. The maximum absolute atomic E-state index is 12.7. The van der Waals surface area contributed by atoms with Crippen molar-refractivity contribution in [2.75, 3.05) is 19.6 Å². The van der Waals surface area contributed by atoms with E-state index in [1.165, 1.54) is 11.3 Å². The van der Waals surface area contributed by atoms with Crippen LogP contribution in [0.15, 0.2) is 16.3 Å². The largest absolute Gasteiger partial charge is 0.312 e. The fraction of sp³-hybridized carbons (Fsp3) is 0.733. The molecule has 2 atom stereocenters. The summed E-state index contributed by atoms with van der Waals surface area (Å²) < 4.78 is 27.1. The van der Waals surface area contributed by atoms with Crippen molar-refractivity contribution >= 4 is 21.4 Å². The minimum atomic E-state index is -3.32. The Bertz CT molecular complexity index is 544. The molecule has 0 saturated carbocycles. The van der Waals surface area contributed by atoms with Gasteiger partial charge in [-0.05, 0) is 37.3 Å². The third-order valence-electron chi connectivity index (χ3n) is 3.83. The number of sulfonamides is 1. The number of piperidine rings is 1. The monoisotopic (exact) mass is 330 g/mol. The van der Waals surface area contributed by atoms with Crippen LogP contribution in [-0.4, -0.2) is 32.4 Å². The van der Waals surface area contributed by atoms with Crippen LogP contribution in [-0.2, 0) is 16.6 Å². The second kappa shape index (κ2) is 7.22. The van der Waals surface area contributed by atoms with Gasteiger partial charge in [0.25, 0.3) is 0 Å². The predicted molar refractivity (Wildman–Crippen MR) is 88.0 cm³/mol. The molecule has 6 heteroatoms. The van der Waals surface area contributed by atoms with Crippen LogP contribution in [0.3, 0.4) is 0 Å². The van der Waals surface area contributed by atoms with Crippen LogP contribution in [0.25, 0.3) is 0 Å². The Morgan fingerprint density at radius 3 is 2.62 bits per heavy atom. The van der Waals surface area contributed by atoms with Crippen LogP contribution in [0.2, 0.25) is 0 Å². The van der Waals surface area contributed by atoms with Crippen LogP contribution < -0.4 is 5.32 Å². The molecule has 0 radical (unpaired) electrons. The Hall–Kier alpha value is -0.430. The molecule has 0 spiro atoms. The third kappa shape index (κ3) is 4.28. The van der Waals surface area contributed by atoms with Crippen molar-refractivity contribution in [2.45, 2.75) is 45.1 Å². The van der Waals surface area contributed by atoms with E-state index in [1.54, 1.807) is 9.69 Å². The van der Waals surface area contributed by atoms with Gasteiger partial charge in [-0.3, -0.25) is 0 Å². The third-order valence-corrected chi connectivity index (χ3v) is 6.72. The summed E-state index contributed by atoms with van der Waals surface area (Å²) in [5.74, 6) is 0.876. The Morgan fingerprint density at radius 1 is 1.33 bits per heavy atom. The molecule has 21 heavy (non-hydrogen) atoms. The molecule has 120 valence electrons. The predicted octanol–water partition coefficient (Wildman–Crippen LogP) is 2.91. The van der Waals surface area contributed by atoms with E-state index < -0.39 is 10.0 Å². The Morgan fingerprint density at radius 2 is 2.00 bits per heavy atom. The standard InChI is InChI=1S/C15H26N2O2S2/c1-4-5-16-8-14-7-15(11-20-14)21(18,19)17-9-12(2)6-13(3)10-17/h7,11-13,16H,4-6,8-10H2,1-3H3. The Labute approximate surface area is 132 Å². The summed E-state index contributed by atoms with van der Waals surface area (Å²) in [6.45, 7) is 9.38. The van der Waals surface area contributed by atoms with Gasteiger partial charge < -0.3 is 5.32 Å². The van der Waals surface area contributed by atoms with E-state index >= 15 is 0 Å². The molecule has 0 amide bonds. The molecule has 0 aliphatic carbocycles. The molecule has 1 aliphatic heterocycles. The van der Waals surface area contributed by atoms with E-state index in [1.807, 2.05) is 6.07 Å². The first-order valence-electron chi connectivity index (χ1n) is 7.71. The number of hydrogen-bond donors (Lipinski definition) is 1. The lowest BCUT2D eigenvalue weighted by molar-refractivity contribution is 0.222. The van der Waals surface area contributed by atoms with Crippen molar-refractivity contribution in [2.24, 2.45) is 11.8 Å². The van der Waals surface area contributed by atoms with Crippen LogP contribution in [0.5, 0.6) is 0 Å². The van der Waals surface area contributed by atoms with E-state index in [4.69, 9.17) is 0 Å². The van der Waals surface area contributed by atoms with Crippen molar-refractivity contribution in [3.05, 3.63) is 16.3 Å². The molecule has 2 heterocycles. The zero-order valence-corrected chi connectivity index (χ0v) is 14.8. The van der Waals surface area contributed by atoms with Gasteiger partial charge in [0.15, 0.2) is 0 Å². The van der Waals surface area contributed by atoms with Crippen LogP contribution in [0, 0.1) is 11.8 Å². The summed E-state index contributed by atoms with van der Waals surface area (Å²) in [4.78, 5) is 1.54. The number of nitrogens with one attached hydrogen (secondary N) is 1. The first-order valence-corrected chi connectivity index (χ1v) is 10.0. The maximum atomic E-state index is 12.7.